The summed E-state index contributed by atoms with van der Waals surface area (Å²) in [4.78, 5) is 15.3. The maximum Gasteiger partial charge on any atom is 0.273 e. The lowest BCUT2D eigenvalue weighted by Crippen LogP contribution is -2.37. The number of hydrogen-bond donors (Lipinski definition) is 2. The van der Waals surface area contributed by atoms with Crippen LogP contribution in [0.3, 0.4) is 0 Å². The molecule has 3 heterocycles. The van der Waals surface area contributed by atoms with Gasteiger partial charge in [-0.25, -0.2) is 4.68 Å². The standard InChI is InChI=1S/C20H28N6O/c27-20(19-15-26(24-23-19)17-8-10-21-11-9-17)22-18(14-25-12-4-5-13-25)16-6-2-1-3-7-16/h1-3,6-7,15,17-18,21H,4-5,8-14H2,(H,22,27). The van der Waals surface area contributed by atoms with Gasteiger partial charge in [0.25, 0.3) is 5.91 Å². The monoisotopic (exact) mass is 368 g/mol. The zero-order valence-electron chi connectivity index (χ0n) is 15.7. The molecule has 7 nitrogen and oxygen atoms in total. The van der Waals surface area contributed by atoms with E-state index in [0.29, 0.717) is 11.7 Å². The summed E-state index contributed by atoms with van der Waals surface area (Å²) < 4.78 is 1.85. The third-order valence-corrected chi connectivity index (χ3v) is 5.57. The zero-order valence-corrected chi connectivity index (χ0v) is 15.7. The number of likely N-dealkylation sites (tertiary alicyclic amines) is 1. The molecule has 7 heteroatoms. The molecule has 0 spiro atoms. The lowest BCUT2D eigenvalue weighted by molar-refractivity contribution is 0.0922. The Morgan fingerprint density at radius 2 is 1.93 bits per heavy atom. The molecule has 1 amide bonds. The molecular weight excluding hydrogens is 340 g/mol. The van der Waals surface area contributed by atoms with E-state index in [1.165, 1.54) is 12.8 Å². The predicted octanol–water partition coefficient (Wildman–Crippen LogP) is 1.77. The highest BCUT2D eigenvalue weighted by Gasteiger charge is 2.23. The predicted molar refractivity (Wildman–Crippen MR) is 103 cm³/mol. The van der Waals surface area contributed by atoms with Crippen molar-refractivity contribution in [3.8, 4) is 0 Å². The van der Waals surface area contributed by atoms with Crippen molar-refractivity contribution in [2.45, 2.75) is 37.8 Å². The van der Waals surface area contributed by atoms with E-state index < -0.39 is 0 Å². The highest BCUT2D eigenvalue weighted by Crippen LogP contribution is 2.19. The van der Waals surface area contributed by atoms with Crippen molar-refractivity contribution in [1.82, 2.24) is 30.5 Å². The Kier molecular flexibility index (Phi) is 5.79. The van der Waals surface area contributed by atoms with Crippen LogP contribution in [0.2, 0.25) is 0 Å². The van der Waals surface area contributed by atoms with E-state index in [1.54, 1.807) is 6.20 Å². The zero-order chi connectivity index (χ0) is 18.5. The SMILES string of the molecule is O=C(NC(CN1CCCC1)c1ccccc1)c1cn(C2CCNCC2)nn1. The van der Waals surface area contributed by atoms with Gasteiger partial charge in [-0.15, -0.1) is 5.10 Å². The summed E-state index contributed by atoms with van der Waals surface area (Å²) in [5, 5.41) is 14.9. The van der Waals surface area contributed by atoms with Crippen LogP contribution in [0, 0.1) is 0 Å². The summed E-state index contributed by atoms with van der Waals surface area (Å²) in [6.45, 7) is 5.00. The number of carbonyl (C=O) groups is 1. The van der Waals surface area contributed by atoms with Crippen LogP contribution < -0.4 is 10.6 Å². The minimum absolute atomic E-state index is 0.0409. The molecule has 0 saturated carbocycles. The topological polar surface area (TPSA) is 75.1 Å². The van der Waals surface area contributed by atoms with Crippen molar-refractivity contribution in [2.75, 3.05) is 32.7 Å². The van der Waals surface area contributed by atoms with E-state index in [-0.39, 0.29) is 11.9 Å². The fourth-order valence-corrected chi connectivity index (χ4v) is 4.01. The molecule has 144 valence electrons. The number of nitrogens with one attached hydrogen (secondary N) is 2. The number of nitrogens with zero attached hydrogens (tertiary/aromatic N) is 4. The van der Waals surface area contributed by atoms with Gasteiger partial charge in [0.15, 0.2) is 5.69 Å². The van der Waals surface area contributed by atoms with Gasteiger partial charge in [0.05, 0.1) is 18.3 Å². The van der Waals surface area contributed by atoms with Crippen LogP contribution in [0.1, 0.15) is 53.8 Å². The fraction of sp³-hybridized carbons (Fsp3) is 0.550. The molecular formula is C20H28N6O. The average Bonchev–Trinajstić information content (AvgIpc) is 3.41. The minimum atomic E-state index is -0.150. The van der Waals surface area contributed by atoms with Gasteiger partial charge in [0, 0.05) is 6.54 Å². The smallest absolute Gasteiger partial charge is 0.273 e. The summed E-state index contributed by atoms with van der Waals surface area (Å²) >= 11 is 0. The van der Waals surface area contributed by atoms with Crippen LogP contribution in [0.4, 0.5) is 0 Å². The molecule has 2 fully saturated rings. The second kappa shape index (κ2) is 8.63. The van der Waals surface area contributed by atoms with E-state index in [2.05, 4.69) is 38.0 Å². The average molecular weight is 368 g/mol. The first kappa shape index (κ1) is 18.1. The van der Waals surface area contributed by atoms with Crippen LogP contribution in [0.15, 0.2) is 36.5 Å². The van der Waals surface area contributed by atoms with Gasteiger partial charge in [0.1, 0.15) is 0 Å². The Morgan fingerprint density at radius 3 is 2.67 bits per heavy atom. The van der Waals surface area contributed by atoms with Gasteiger partial charge in [-0.2, -0.15) is 0 Å². The Labute approximate surface area is 160 Å². The molecule has 2 aromatic rings. The quantitative estimate of drug-likeness (QED) is 0.813. The molecule has 1 atom stereocenters. The lowest BCUT2D eigenvalue weighted by atomic mass is 10.1. The van der Waals surface area contributed by atoms with Gasteiger partial charge < -0.3 is 15.5 Å². The van der Waals surface area contributed by atoms with Crippen molar-refractivity contribution >= 4 is 5.91 Å². The Hall–Kier alpha value is -2.25. The second-order valence-corrected chi connectivity index (χ2v) is 7.51. The third-order valence-electron chi connectivity index (χ3n) is 5.57. The van der Waals surface area contributed by atoms with Gasteiger partial charge in [-0.05, 0) is 57.4 Å². The summed E-state index contributed by atoms with van der Waals surface area (Å²) in [5.74, 6) is -0.150. The second-order valence-electron chi connectivity index (χ2n) is 7.51. The molecule has 1 unspecified atom stereocenters. The molecule has 1 aromatic carbocycles. The number of carbonyl (C=O) groups excluding carboxylic acids is 1. The molecule has 4 rings (SSSR count). The molecule has 0 radical (unpaired) electrons. The first-order chi connectivity index (χ1) is 13.3. The molecule has 2 saturated heterocycles. The van der Waals surface area contributed by atoms with Crippen LogP contribution in [-0.2, 0) is 0 Å². The number of aromatic nitrogens is 3. The molecule has 1 aromatic heterocycles. The van der Waals surface area contributed by atoms with Gasteiger partial charge in [-0.1, -0.05) is 35.5 Å². The van der Waals surface area contributed by atoms with Gasteiger partial charge in [-0.3, -0.25) is 4.79 Å². The van der Waals surface area contributed by atoms with Crippen molar-refractivity contribution in [3.05, 3.63) is 47.8 Å². The van der Waals surface area contributed by atoms with Crippen molar-refractivity contribution in [2.24, 2.45) is 0 Å². The number of benzene rings is 1. The van der Waals surface area contributed by atoms with E-state index in [0.717, 1.165) is 51.1 Å². The molecule has 0 aliphatic carbocycles. The van der Waals surface area contributed by atoms with E-state index >= 15 is 0 Å². The highest BCUT2D eigenvalue weighted by molar-refractivity contribution is 5.92. The summed E-state index contributed by atoms with van der Waals surface area (Å²) in [5.41, 5.74) is 1.53. The summed E-state index contributed by atoms with van der Waals surface area (Å²) in [7, 11) is 0. The molecule has 0 bridgehead atoms. The molecule has 2 aliphatic rings. The number of amides is 1. The molecule has 2 N–H and O–H groups in total. The van der Waals surface area contributed by atoms with Crippen molar-refractivity contribution in [3.63, 3.8) is 0 Å². The molecule has 2 aliphatic heterocycles. The lowest BCUT2D eigenvalue weighted by Gasteiger charge is -2.24. The van der Waals surface area contributed by atoms with Crippen molar-refractivity contribution < 1.29 is 4.79 Å². The van der Waals surface area contributed by atoms with Crippen molar-refractivity contribution in [1.29, 1.82) is 0 Å². The Balaban J connectivity index is 1.45. The number of hydrogen-bond acceptors (Lipinski definition) is 5. The van der Waals surface area contributed by atoms with E-state index in [9.17, 15) is 4.79 Å². The normalized spacial score (nSPS) is 19.9. The minimum Gasteiger partial charge on any atom is -0.342 e. The Morgan fingerprint density at radius 1 is 1.19 bits per heavy atom. The Bertz CT molecular complexity index is 734. The first-order valence-corrected chi connectivity index (χ1v) is 10.0. The van der Waals surface area contributed by atoms with Crippen LogP contribution >= 0.6 is 0 Å². The summed E-state index contributed by atoms with van der Waals surface area (Å²) in [6, 6.07) is 10.5. The largest absolute Gasteiger partial charge is 0.342 e. The van der Waals surface area contributed by atoms with Gasteiger partial charge in [0.2, 0.25) is 0 Å². The van der Waals surface area contributed by atoms with Crippen LogP contribution in [-0.4, -0.2) is 58.5 Å². The maximum atomic E-state index is 12.8. The first-order valence-electron chi connectivity index (χ1n) is 10.0. The van der Waals surface area contributed by atoms with Crippen LogP contribution in [0.5, 0.6) is 0 Å². The maximum absolute atomic E-state index is 12.8. The summed E-state index contributed by atoms with van der Waals surface area (Å²) in [6.07, 6.45) is 6.31. The fourth-order valence-electron chi connectivity index (χ4n) is 4.01. The van der Waals surface area contributed by atoms with Gasteiger partial charge >= 0.3 is 0 Å². The van der Waals surface area contributed by atoms with E-state index in [4.69, 9.17) is 0 Å². The number of piperidine rings is 1. The third kappa shape index (κ3) is 4.54. The molecule has 27 heavy (non-hydrogen) atoms. The van der Waals surface area contributed by atoms with Crippen LogP contribution in [0.25, 0.3) is 0 Å². The van der Waals surface area contributed by atoms with E-state index in [1.807, 2.05) is 22.9 Å². The number of rotatable bonds is 6. The highest BCUT2D eigenvalue weighted by atomic mass is 16.2.